The van der Waals surface area contributed by atoms with Gasteiger partial charge in [0.15, 0.2) is 0 Å². The Bertz CT molecular complexity index is 550. The number of hydrogen-bond acceptors (Lipinski definition) is 4. The maximum atomic E-state index is 11.9. The Labute approximate surface area is 111 Å². The Kier molecular flexibility index (Phi) is 3.55. The van der Waals surface area contributed by atoms with Crippen molar-refractivity contribution < 1.29 is 19.1 Å². The van der Waals surface area contributed by atoms with Crippen LogP contribution in [0, 0.1) is 6.92 Å². The molecule has 1 amide bonds. The number of aryl methyl sites for hydroxylation is 1. The van der Waals surface area contributed by atoms with E-state index < -0.39 is 18.4 Å². The van der Waals surface area contributed by atoms with Crippen molar-refractivity contribution in [3.8, 4) is 0 Å². The number of benzene rings is 1. The number of ether oxygens (including phenoxy) is 2. The van der Waals surface area contributed by atoms with Crippen molar-refractivity contribution in [2.24, 2.45) is 0 Å². The molecule has 0 spiro atoms. The van der Waals surface area contributed by atoms with Gasteiger partial charge in [-0.2, -0.15) is 0 Å². The topological polar surface area (TPSA) is 55.8 Å². The quantitative estimate of drug-likeness (QED) is 0.767. The summed E-state index contributed by atoms with van der Waals surface area (Å²) in [7, 11) is 1.61. The van der Waals surface area contributed by atoms with Gasteiger partial charge in [-0.3, -0.25) is 4.90 Å². The summed E-state index contributed by atoms with van der Waals surface area (Å²) >= 11 is 0. The Morgan fingerprint density at radius 1 is 1.32 bits per heavy atom. The molecule has 1 aromatic rings. The summed E-state index contributed by atoms with van der Waals surface area (Å²) in [5, 5.41) is 0. The van der Waals surface area contributed by atoms with Crippen LogP contribution in [0.3, 0.4) is 0 Å². The zero-order valence-electron chi connectivity index (χ0n) is 11.0. The van der Waals surface area contributed by atoms with Crippen LogP contribution < -0.4 is 4.90 Å². The van der Waals surface area contributed by atoms with Crippen LogP contribution in [0.1, 0.15) is 12.5 Å². The lowest BCUT2D eigenvalue weighted by Crippen LogP contribution is -2.31. The summed E-state index contributed by atoms with van der Waals surface area (Å²) in [5.41, 5.74) is 2.14. The van der Waals surface area contributed by atoms with E-state index in [4.69, 9.17) is 9.47 Å². The first-order valence-corrected chi connectivity index (χ1v) is 5.88. The van der Waals surface area contributed by atoms with Crippen molar-refractivity contribution in [1.29, 1.82) is 0 Å². The third kappa shape index (κ3) is 2.76. The van der Waals surface area contributed by atoms with Crippen LogP contribution in [0.4, 0.5) is 10.5 Å². The highest BCUT2D eigenvalue weighted by atomic mass is 16.7. The molecule has 19 heavy (non-hydrogen) atoms. The number of esters is 1. The smallest absolute Gasteiger partial charge is 0.417 e. The van der Waals surface area contributed by atoms with Gasteiger partial charge in [0, 0.05) is 24.4 Å². The van der Waals surface area contributed by atoms with Crippen molar-refractivity contribution in [2.75, 3.05) is 11.9 Å². The third-order valence-electron chi connectivity index (χ3n) is 2.90. The second kappa shape index (κ2) is 5.14. The van der Waals surface area contributed by atoms with E-state index in [9.17, 15) is 9.59 Å². The first kappa shape index (κ1) is 13.1. The number of rotatable bonds is 2. The number of anilines is 1. The summed E-state index contributed by atoms with van der Waals surface area (Å²) in [6.07, 6.45) is -0.0316. The van der Waals surface area contributed by atoms with Crippen molar-refractivity contribution in [2.45, 2.75) is 20.1 Å². The molecule has 1 heterocycles. The molecule has 0 saturated carbocycles. The summed E-state index contributed by atoms with van der Waals surface area (Å²) in [6, 6.07) is 7.45. The highest BCUT2D eigenvalue weighted by molar-refractivity contribution is 5.91. The lowest BCUT2D eigenvalue weighted by molar-refractivity contribution is -0.151. The second-order valence-electron chi connectivity index (χ2n) is 4.35. The zero-order valence-corrected chi connectivity index (χ0v) is 11.0. The van der Waals surface area contributed by atoms with Gasteiger partial charge in [0.25, 0.3) is 6.29 Å². The van der Waals surface area contributed by atoms with Gasteiger partial charge < -0.3 is 9.47 Å². The molecule has 0 bridgehead atoms. The predicted molar refractivity (Wildman–Crippen MR) is 69.7 cm³/mol. The number of cyclic esters (lactones) is 1. The van der Waals surface area contributed by atoms with Gasteiger partial charge >= 0.3 is 12.1 Å². The summed E-state index contributed by atoms with van der Waals surface area (Å²) in [4.78, 5) is 24.5. The second-order valence-corrected chi connectivity index (χ2v) is 4.35. The Balaban J connectivity index is 2.05. The van der Waals surface area contributed by atoms with Crippen molar-refractivity contribution in [3.05, 3.63) is 41.5 Å². The SMILES string of the molecule is CC1=CC(OC(=O)N(C)c2ccccc2C)OC1=O. The fourth-order valence-corrected chi connectivity index (χ4v) is 1.78. The van der Waals surface area contributed by atoms with Gasteiger partial charge in [-0.25, -0.2) is 9.59 Å². The van der Waals surface area contributed by atoms with Crippen molar-refractivity contribution in [3.63, 3.8) is 0 Å². The van der Waals surface area contributed by atoms with E-state index in [-0.39, 0.29) is 0 Å². The predicted octanol–water partition coefficient (Wildman–Crippen LogP) is 2.40. The Morgan fingerprint density at radius 2 is 2.00 bits per heavy atom. The lowest BCUT2D eigenvalue weighted by atomic mass is 10.2. The maximum Gasteiger partial charge on any atom is 0.417 e. The zero-order chi connectivity index (χ0) is 14.0. The molecule has 0 radical (unpaired) electrons. The van der Waals surface area contributed by atoms with Crippen LogP contribution in [0.5, 0.6) is 0 Å². The minimum atomic E-state index is -0.938. The number of carbonyl (C=O) groups is 2. The van der Waals surface area contributed by atoms with E-state index in [1.54, 1.807) is 14.0 Å². The van der Waals surface area contributed by atoms with E-state index in [1.807, 2.05) is 31.2 Å². The Morgan fingerprint density at radius 3 is 2.58 bits per heavy atom. The summed E-state index contributed by atoms with van der Waals surface area (Å²) in [6.45, 7) is 3.51. The summed E-state index contributed by atoms with van der Waals surface area (Å²) < 4.78 is 9.95. The normalized spacial score (nSPS) is 17.7. The van der Waals surface area contributed by atoms with Gasteiger partial charge in [-0.1, -0.05) is 18.2 Å². The van der Waals surface area contributed by atoms with Gasteiger partial charge in [0.2, 0.25) is 0 Å². The molecule has 1 atom stereocenters. The monoisotopic (exact) mass is 261 g/mol. The van der Waals surface area contributed by atoms with Crippen LogP contribution in [0.15, 0.2) is 35.9 Å². The number of amides is 1. The van der Waals surface area contributed by atoms with Gasteiger partial charge in [-0.15, -0.1) is 0 Å². The molecule has 100 valence electrons. The maximum absolute atomic E-state index is 11.9. The fourth-order valence-electron chi connectivity index (χ4n) is 1.78. The molecule has 0 saturated heterocycles. The number of para-hydroxylation sites is 1. The number of carbonyl (C=O) groups excluding carboxylic acids is 2. The molecule has 0 N–H and O–H groups in total. The van der Waals surface area contributed by atoms with E-state index in [0.717, 1.165) is 11.3 Å². The molecule has 1 aliphatic rings. The third-order valence-corrected chi connectivity index (χ3v) is 2.90. The minimum absolute atomic E-state index is 0.441. The van der Waals surface area contributed by atoms with Crippen LogP contribution in [-0.2, 0) is 14.3 Å². The van der Waals surface area contributed by atoms with Crippen LogP contribution in [0.25, 0.3) is 0 Å². The van der Waals surface area contributed by atoms with Gasteiger partial charge in [0.05, 0.1) is 0 Å². The van der Waals surface area contributed by atoms with Crippen LogP contribution in [0.2, 0.25) is 0 Å². The molecular weight excluding hydrogens is 246 g/mol. The number of hydrogen-bond donors (Lipinski definition) is 0. The molecule has 2 rings (SSSR count). The Hall–Kier alpha value is -2.30. The molecule has 0 fully saturated rings. The van der Waals surface area contributed by atoms with E-state index in [0.29, 0.717) is 5.57 Å². The molecule has 1 aliphatic heterocycles. The summed E-state index contributed by atoms with van der Waals surface area (Å²) in [5.74, 6) is -0.462. The van der Waals surface area contributed by atoms with Crippen molar-refractivity contribution >= 4 is 17.7 Å². The average molecular weight is 261 g/mol. The number of nitrogens with zero attached hydrogens (tertiary/aromatic N) is 1. The van der Waals surface area contributed by atoms with Crippen LogP contribution in [-0.4, -0.2) is 25.4 Å². The van der Waals surface area contributed by atoms with Crippen LogP contribution >= 0.6 is 0 Å². The van der Waals surface area contributed by atoms with Gasteiger partial charge in [-0.05, 0) is 25.5 Å². The van der Waals surface area contributed by atoms with Crippen molar-refractivity contribution in [1.82, 2.24) is 0 Å². The van der Waals surface area contributed by atoms with Gasteiger partial charge in [0.1, 0.15) is 0 Å². The lowest BCUT2D eigenvalue weighted by Gasteiger charge is -2.20. The first-order chi connectivity index (χ1) is 8.99. The molecule has 1 unspecified atom stereocenters. The fraction of sp³-hybridized carbons (Fsp3) is 0.286. The molecular formula is C14H15NO4. The van der Waals surface area contributed by atoms with E-state index in [2.05, 4.69) is 0 Å². The largest absolute Gasteiger partial charge is 0.418 e. The first-order valence-electron chi connectivity index (χ1n) is 5.88. The molecule has 5 nitrogen and oxygen atoms in total. The molecule has 1 aromatic carbocycles. The molecule has 0 aliphatic carbocycles. The standard InChI is InChI=1S/C14H15NO4/c1-9-6-4-5-7-11(9)15(3)14(17)19-12-8-10(2)13(16)18-12/h4-8,12H,1-3H3. The minimum Gasteiger partial charge on any atom is -0.418 e. The molecule has 0 aromatic heterocycles. The average Bonchev–Trinajstić information content (AvgIpc) is 2.68. The van der Waals surface area contributed by atoms with E-state index in [1.165, 1.54) is 11.0 Å². The molecule has 5 heteroatoms. The highest BCUT2D eigenvalue weighted by Crippen LogP contribution is 2.20. The van der Waals surface area contributed by atoms with E-state index >= 15 is 0 Å². The highest BCUT2D eigenvalue weighted by Gasteiger charge is 2.27.